The molecule has 0 unspecified atom stereocenters. The highest BCUT2D eigenvalue weighted by Gasteiger charge is 2.18. The predicted octanol–water partition coefficient (Wildman–Crippen LogP) is 7.20. The van der Waals surface area contributed by atoms with E-state index in [4.69, 9.17) is 14.2 Å². The number of carbonyl (C=O) groups is 1. The number of methoxy groups -OCH3 is 1. The zero-order valence-corrected chi connectivity index (χ0v) is 24.5. The minimum atomic E-state index is -0.349. The van der Waals surface area contributed by atoms with Gasteiger partial charge in [-0.15, -0.1) is 23.5 Å². The summed E-state index contributed by atoms with van der Waals surface area (Å²) in [6.07, 6.45) is 1.55. The largest absolute Gasteiger partial charge is 0.493 e. The zero-order chi connectivity index (χ0) is 27.0. The van der Waals surface area contributed by atoms with Crippen LogP contribution in [0.4, 0.5) is 0 Å². The van der Waals surface area contributed by atoms with Gasteiger partial charge in [-0.2, -0.15) is 5.10 Å². The van der Waals surface area contributed by atoms with E-state index in [0.717, 1.165) is 21.0 Å². The summed E-state index contributed by atoms with van der Waals surface area (Å²) in [6.45, 7) is 0.263. The molecule has 1 aliphatic heterocycles. The molecular formula is C30H27BrN2O4S2. The average molecular weight is 624 g/mol. The number of nitrogens with one attached hydrogen (secondary N) is 1. The fraction of sp³-hybridized carbons (Fsp3) is 0.200. The zero-order valence-electron chi connectivity index (χ0n) is 21.3. The Morgan fingerprint density at radius 2 is 1.79 bits per heavy atom. The van der Waals surface area contributed by atoms with Crippen LogP contribution in [0.5, 0.6) is 17.2 Å². The van der Waals surface area contributed by atoms with Crippen LogP contribution in [-0.4, -0.2) is 37.3 Å². The maximum Gasteiger partial charge on any atom is 0.277 e. The van der Waals surface area contributed by atoms with Crippen molar-refractivity contribution in [1.29, 1.82) is 0 Å². The van der Waals surface area contributed by atoms with Gasteiger partial charge >= 0.3 is 0 Å². The number of ether oxygens (including phenoxy) is 3. The van der Waals surface area contributed by atoms with Gasteiger partial charge in [0.2, 0.25) is 0 Å². The molecule has 39 heavy (non-hydrogen) atoms. The molecule has 1 amide bonds. The Morgan fingerprint density at radius 1 is 1.03 bits per heavy atom. The normalized spacial score (nSPS) is 13.6. The number of amides is 1. The Bertz CT molecular complexity index is 1470. The molecule has 0 aliphatic carbocycles. The molecular weight excluding hydrogens is 596 g/mol. The molecule has 1 aliphatic rings. The molecule has 4 aromatic carbocycles. The molecule has 0 atom stereocenters. The minimum Gasteiger partial charge on any atom is -0.493 e. The van der Waals surface area contributed by atoms with E-state index in [1.54, 1.807) is 19.4 Å². The van der Waals surface area contributed by atoms with E-state index in [2.05, 4.69) is 62.9 Å². The number of thioether (sulfide) groups is 2. The molecule has 0 aromatic heterocycles. The van der Waals surface area contributed by atoms with E-state index in [0.29, 0.717) is 28.4 Å². The van der Waals surface area contributed by atoms with E-state index in [-0.39, 0.29) is 12.5 Å². The van der Waals surface area contributed by atoms with Crippen molar-refractivity contribution in [2.45, 2.75) is 11.2 Å². The number of halogens is 1. The SMILES string of the molecule is COc1cc(/C=N/NC(=O)COc2ccc(C3SCCS3)cc2)cc(Br)c1OCc1cccc2ccccc12. The second-order valence-corrected chi connectivity index (χ2v) is 12.3. The van der Waals surface area contributed by atoms with Crippen LogP contribution in [0, 0.1) is 0 Å². The molecule has 1 N–H and O–H groups in total. The summed E-state index contributed by atoms with van der Waals surface area (Å²) in [5.41, 5.74) is 5.59. The molecule has 0 spiro atoms. The second kappa shape index (κ2) is 13.3. The topological polar surface area (TPSA) is 69.2 Å². The van der Waals surface area contributed by atoms with Crippen LogP contribution >= 0.6 is 39.5 Å². The van der Waals surface area contributed by atoms with Crippen LogP contribution in [0.15, 0.2) is 88.4 Å². The van der Waals surface area contributed by atoms with Gasteiger partial charge in [0.05, 0.1) is 22.4 Å². The molecule has 1 heterocycles. The van der Waals surface area contributed by atoms with E-state index < -0.39 is 0 Å². The number of nitrogens with zero attached hydrogens (tertiary/aromatic N) is 1. The highest BCUT2D eigenvalue weighted by Crippen LogP contribution is 2.45. The highest BCUT2D eigenvalue weighted by molar-refractivity contribution is 9.10. The Morgan fingerprint density at radius 3 is 2.59 bits per heavy atom. The van der Waals surface area contributed by atoms with Gasteiger partial charge in [-0.05, 0) is 67.7 Å². The molecule has 0 bridgehead atoms. The summed E-state index contributed by atoms with van der Waals surface area (Å²) in [7, 11) is 1.59. The van der Waals surface area contributed by atoms with Gasteiger partial charge in [-0.1, -0.05) is 54.6 Å². The Labute approximate surface area is 244 Å². The average Bonchev–Trinajstić information content (AvgIpc) is 3.51. The number of hydrogen-bond acceptors (Lipinski definition) is 7. The van der Waals surface area contributed by atoms with Crippen LogP contribution in [0.3, 0.4) is 0 Å². The maximum absolute atomic E-state index is 12.2. The smallest absolute Gasteiger partial charge is 0.277 e. The minimum absolute atomic E-state index is 0.127. The van der Waals surface area contributed by atoms with Crippen molar-refractivity contribution in [3.05, 3.63) is 100 Å². The molecule has 9 heteroatoms. The molecule has 1 saturated heterocycles. The fourth-order valence-electron chi connectivity index (χ4n) is 4.15. The van der Waals surface area contributed by atoms with Gasteiger partial charge in [0.15, 0.2) is 18.1 Å². The van der Waals surface area contributed by atoms with Crippen molar-refractivity contribution in [2.24, 2.45) is 5.10 Å². The molecule has 0 saturated carbocycles. The van der Waals surface area contributed by atoms with E-state index in [1.165, 1.54) is 22.5 Å². The van der Waals surface area contributed by atoms with Crippen LogP contribution in [0.1, 0.15) is 21.3 Å². The quantitative estimate of drug-likeness (QED) is 0.149. The van der Waals surface area contributed by atoms with Crippen molar-refractivity contribution >= 4 is 62.3 Å². The Hall–Kier alpha value is -3.14. The lowest BCUT2D eigenvalue weighted by Crippen LogP contribution is -2.24. The summed E-state index contributed by atoms with van der Waals surface area (Å²) in [6, 6.07) is 26.0. The van der Waals surface area contributed by atoms with E-state index >= 15 is 0 Å². The third kappa shape index (κ3) is 7.09. The standard InChI is InChI=1S/C30H27BrN2O4S2/c1-35-27-16-20(15-26(31)29(27)37-18-23-7-4-6-21-5-2-3-8-25(21)23)17-32-33-28(34)19-36-24-11-9-22(10-12-24)30-38-13-14-39-30/h2-12,15-17,30H,13-14,18-19H2,1H3,(H,33,34)/b32-17+. The van der Waals surface area contributed by atoms with Crippen molar-refractivity contribution in [1.82, 2.24) is 5.43 Å². The number of rotatable bonds is 10. The van der Waals surface area contributed by atoms with Crippen molar-refractivity contribution < 1.29 is 19.0 Å². The highest BCUT2D eigenvalue weighted by atomic mass is 79.9. The van der Waals surface area contributed by atoms with Crippen LogP contribution in [-0.2, 0) is 11.4 Å². The van der Waals surface area contributed by atoms with Gasteiger partial charge < -0.3 is 14.2 Å². The Balaban J connectivity index is 1.15. The monoisotopic (exact) mass is 622 g/mol. The predicted molar refractivity (Wildman–Crippen MR) is 164 cm³/mol. The molecule has 1 fully saturated rings. The first kappa shape index (κ1) is 27.4. The number of hydrogen-bond donors (Lipinski definition) is 1. The number of fused-ring (bicyclic) bond motifs is 1. The summed E-state index contributed by atoms with van der Waals surface area (Å²) in [4.78, 5) is 12.2. The lowest BCUT2D eigenvalue weighted by Gasteiger charge is -2.14. The van der Waals surface area contributed by atoms with Gasteiger partial charge in [0.1, 0.15) is 12.4 Å². The first-order valence-corrected chi connectivity index (χ1v) is 15.2. The van der Waals surface area contributed by atoms with Gasteiger partial charge in [0.25, 0.3) is 5.91 Å². The number of carbonyl (C=O) groups excluding carboxylic acids is 1. The van der Waals surface area contributed by atoms with Crippen LogP contribution in [0.2, 0.25) is 0 Å². The lowest BCUT2D eigenvalue weighted by atomic mass is 10.1. The molecule has 4 aromatic rings. The third-order valence-corrected chi connectivity index (χ3v) is 9.74. The van der Waals surface area contributed by atoms with E-state index in [1.807, 2.05) is 59.9 Å². The van der Waals surface area contributed by atoms with Gasteiger partial charge in [-0.3, -0.25) is 4.79 Å². The van der Waals surface area contributed by atoms with Crippen molar-refractivity contribution in [3.63, 3.8) is 0 Å². The number of hydrazone groups is 1. The third-order valence-electron chi connectivity index (χ3n) is 6.05. The first-order valence-electron chi connectivity index (χ1n) is 12.4. The maximum atomic E-state index is 12.2. The lowest BCUT2D eigenvalue weighted by molar-refractivity contribution is -0.123. The molecule has 0 radical (unpaired) electrons. The summed E-state index contributed by atoms with van der Waals surface area (Å²) in [5, 5.41) is 6.38. The molecule has 5 rings (SSSR count). The molecule has 200 valence electrons. The second-order valence-electron chi connectivity index (χ2n) is 8.69. The summed E-state index contributed by atoms with van der Waals surface area (Å²) >= 11 is 7.50. The van der Waals surface area contributed by atoms with Crippen molar-refractivity contribution in [2.75, 3.05) is 25.2 Å². The summed E-state index contributed by atoms with van der Waals surface area (Å²) in [5.74, 6) is 3.82. The van der Waals surface area contributed by atoms with Crippen molar-refractivity contribution in [3.8, 4) is 17.2 Å². The van der Waals surface area contributed by atoms with Crippen LogP contribution in [0.25, 0.3) is 10.8 Å². The Kier molecular flexibility index (Phi) is 9.34. The van der Waals surface area contributed by atoms with Gasteiger partial charge in [-0.25, -0.2) is 5.43 Å². The number of benzene rings is 4. The van der Waals surface area contributed by atoms with Gasteiger partial charge in [0, 0.05) is 11.5 Å². The first-order chi connectivity index (χ1) is 19.1. The van der Waals surface area contributed by atoms with Crippen LogP contribution < -0.4 is 19.6 Å². The van der Waals surface area contributed by atoms with E-state index in [9.17, 15) is 4.79 Å². The fourth-order valence-corrected chi connectivity index (χ4v) is 7.59. The summed E-state index contributed by atoms with van der Waals surface area (Å²) < 4.78 is 18.5. The molecule has 6 nitrogen and oxygen atoms in total.